The largest absolute Gasteiger partial charge is 0.388 e. The van der Waals surface area contributed by atoms with E-state index in [4.69, 9.17) is 14.2 Å². The van der Waals surface area contributed by atoms with E-state index < -0.39 is 8.07 Å². The molecule has 0 aliphatic heterocycles. The van der Waals surface area contributed by atoms with Crippen LogP contribution < -0.4 is 0 Å². The van der Waals surface area contributed by atoms with Gasteiger partial charge < -0.3 is 14.2 Å². The lowest BCUT2D eigenvalue weighted by atomic mass is 10.6. The molecule has 0 rings (SSSR count). The highest BCUT2D eigenvalue weighted by Crippen LogP contribution is 2.21. The van der Waals surface area contributed by atoms with Gasteiger partial charge >= 0.3 is 0 Å². The van der Waals surface area contributed by atoms with Gasteiger partial charge in [0.15, 0.2) is 0 Å². The van der Waals surface area contributed by atoms with Crippen LogP contribution in [0.25, 0.3) is 0 Å². The van der Waals surface area contributed by atoms with Crippen LogP contribution >= 0.6 is 0 Å². The number of hydrogen-bond donors (Lipinski definition) is 0. The zero-order valence-corrected chi connectivity index (χ0v) is 10.4. The summed E-state index contributed by atoms with van der Waals surface area (Å²) in [6, 6.07) is 0. The van der Waals surface area contributed by atoms with Crippen molar-refractivity contribution in [2.24, 2.45) is 0 Å². The summed E-state index contributed by atoms with van der Waals surface area (Å²) in [5.41, 5.74) is 0.618. The second-order valence-corrected chi connectivity index (χ2v) is 8.56. The molecular weight excluding hydrogens is 184 g/mol. The Balaban J connectivity index is 4.38. The van der Waals surface area contributed by atoms with Gasteiger partial charge in [-0.2, -0.15) is 0 Å². The van der Waals surface area contributed by atoms with E-state index in [1.54, 1.807) is 21.3 Å². The third kappa shape index (κ3) is 3.77. The Morgan fingerprint density at radius 2 is 1.15 bits per heavy atom. The zero-order chi connectivity index (χ0) is 10.3. The zero-order valence-electron chi connectivity index (χ0n) is 9.42. The van der Waals surface area contributed by atoms with E-state index >= 15 is 0 Å². The van der Waals surface area contributed by atoms with Crippen LogP contribution in [0.1, 0.15) is 13.8 Å². The van der Waals surface area contributed by atoms with Crippen molar-refractivity contribution in [3.8, 4) is 0 Å². The predicted octanol–water partition coefficient (Wildman–Crippen LogP) is 1.40. The topological polar surface area (TPSA) is 27.7 Å². The number of rotatable bonds is 7. The molecule has 0 aliphatic rings. The third-order valence-corrected chi connectivity index (χ3v) is 7.56. The minimum atomic E-state index is -1.54. The molecule has 0 fully saturated rings. The standard InChI is InChI=1S/C9H22O3Si/c1-9(2)13(6-10-3,7-11-4)8-12-5/h9H,6-8H2,1-5H3. The summed E-state index contributed by atoms with van der Waals surface area (Å²) in [6.07, 6.45) is 2.44. The van der Waals surface area contributed by atoms with Crippen LogP contribution in [0, 0.1) is 0 Å². The second kappa shape index (κ2) is 6.54. The van der Waals surface area contributed by atoms with Crippen LogP contribution in [0.4, 0.5) is 0 Å². The smallest absolute Gasteiger partial charge is 0.143 e. The highest BCUT2D eigenvalue weighted by Gasteiger charge is 2.37. The molecule has 0 heterocycles. The van der Waals surface area contributed by atoms with Gasteiger partial charge in [-0.3, -0.25) is 0 Å². The molecule has 0 N–H and O–H groups in total. The van der Waals surface area contributed by atoms with Crippen LogP contribution in [-0.4, -0.2) is 48.1 Å². The van der Waals surface area contributed by atoms with Crippen molar-refractivity contribution in [2.75, 3.05) is 40.0 Å². The molecule has 0 bridgehead atoms. The summed E-state index contributed by atoms with van der Waals surface area (Å²) >= 11 is 0. The van der Waals surface area contributed by atoms with Crippen LogP contribution in [-0.2, 0) is 14.2 Å². The maximum atomic E-state index is 5.28. The Hall–Kier alpha value is 0.0969. The molecular formula is C9H22O3Si. The molecule has 13 heavy (non-hydrogen) atoms. The first-order chi connectivity index (χ1) is 6.13. The molecule has 80 valence electrons. The first-order valence-corrected chi connectivity index (χ1v) is 7.29. The van der Waals surface area contributed by atoms with E-state index in [2.05, 4.69) is 13.8 Å². The highest BCUT2D eigenvalue weighted by atomic mass is 28.3. The fourth-order valence-electron chi connectivity index (χ4n) is 1.49. The minimum Gasteiger partial charge on any atom is -0.388 e. The van der Waals surface area contributed by atoms with Gasteiger partial charge in [0.25, 0.3) is 0 Å². The normalized spacial score (nSPS) is 12.5. The summed E-state index contributed by atoms with van der Waals surface area (Å²) in [5, 5.41) is 0. The van der Waals surface area contributed by atoms with Crippen molar-refractivity contribution in [3.63, 3.8) is 0 Å². The molecule has 0 radical (unpaired) electrons. The van der Waals surface area contributed by atoms with Gasteiger partial charge in [0.1, 0.15) is 8.07 Å². The SMILES string of the molecule is COC[Si](COC)(COC)C(C)C. The fourth-order valence-corrected chi connectivity index (χ4v) is 4.46. The summed E-state index contributed by atoms with van der Waals surface area (Å²) < 4.78 is 15.8. The average molecular weight is 206 g/mol. The van der Waals surface area contributed by atoms with E-state index in [1.807, 2.05) is 0 Å². The Morgan fingerprint density at radius 3 is 1.31 bits per heavy atom. The summed E-state index contributed by atoms with van der Waals surface area (Å²) in [6.45, 7) is 4.45. The first kappa shape index (κ1) is 13.1. The van der Waals surface area contributed by atoms with Crippen LogP contribution in [0.3, 0.4) is 0 Å². The van der Waals surface area contributed by atoms with Crippen LogP contribution in [0.5, 0.6) is 0 Å². The molecule has 0 aromatic rings. The van der Waals surface area contributed by atoms with Gasteiger partial charge in [-0.1, -0.05) is 13.8 Å². The molecule has 4 heteroatoms. The molecule has 3 nitrogen and oxygen atoms in total. The van der Waals surface area contributed by atoms with E-state index in [0.717, 1.165) is 18.7 Å². The first-order valence-electron chi connectivity index (χ1n) is 4.59. The molecule has 0 atom stereocenters. The highest BCUT2D eigenvalue weighted by molar-refractivity contribution is 6.81. The lowest BCUT2D eigenvalue weighted by Crippen LogP contribution is -2.52. The second-order valence-electron chi connectivity index (χ2n) is 3.82. The van der Waals surface area contributed by atoms with Gasteiger partial charge in [-0.05, 0) is 5.54 Å². The fraction of sp³-hybridized carbons (Fsp3) is 1.00. The summed E-state index contributed by atoms with van der Waals surface area (Å²) in [7, 11) is 3.70. The maximum absolute atomic E-state index is 5.28. The van der Waals surface area contributed by atoms with Crippen molar-refractivity contribution >= 4 is 8.07 Å². The molecule has 0 aromatic heterocycles. The lowest BCUT2D eigenvalue weighted by molar-refractivity contribution is 0.186. The Labute approximate surface area is 82.4 Å². The van der Waals surface area contributed by atoms with Crippen LogP contribution in [0.15, 0.2) is 0 Å². The molecule has 0 saturated heterocycles. The monoisotopic (exact) mass is 206 g/mol. The molecule has 0 aliphatic carbocycles. The van der Waals surface area contributed by atoms with Gasteiger partial charge in [0, 0.05) is 40.0 Å². The van der Waals surface area contributed by atoms with Crippen molar-refractivity contribution in [3.05, 3.63) is 0 Å². The molecule has 0 saturated carbocycles. The van der Waals surface area contributed by atoms with Crippen molar-refractivity contribution in [1.29, 1.82) is 0 Å². The van der Waals surface area contributed by atoms with Crippen LogP contribution in [0.2, 0.25) is 5.54 Å². The molecule has 0 unspecified atom stereocenters. The van der Waals surface area contributed by atoms with Crippen molar-refractivity contribution < 1.29 is 14.2 Å². The maximum Gasteiger partial charge on any atom is 0.143 e. The van der Waals surface area contributed by atoms with Crippen molar-refractivity contribution in [1.82, 2.24) is 0 Å². The van der Waals surface area contributed by atoms with Crippen molar-refractivity contribution in [2.45, 2.75) is 19.4 Å². The third-order valence-electron chi connectivity index (χ3n) is 2.52. The lowest BCUT2D eigenvalue weighted by Gasteiger charge is -2.33. The minimum absolute atomic E-state index is 0.618. The summed E-state index contributed by atoms with van der Waals surface area (Å²) in [5.74, 6) is 0. The Kier molecular flexibility index (Phi) is 6.58. The quantitative estimate of drug-likeness (QED) is 0.589. The number of hydrogen-bond acceptors (Lipinski definition) is 3. The van der Waals surface area contributed by atoms with Gasteiger partial charge in [0.2, 0.25) is 0 Å². The number of ether oxygens (including phenoxy) is 3. The molecule has 0 amide bonds. The molecule has 0 aromatic carbocycles. The molecule has 0 spiro atoms. The predicted molar refractivity (Wildman–Crippen MR) is 56.5 cm³/mol. The van der Waals surface area contributed by atoms with E-state index in [1.165, 1.54) is 0 Å². The van der Waals surface area contributed by atoms with E-state index in [-0.39, 0.29) is 0 Å². The van der Waals surface area contributed by atoms with Gasteiger partial charge in [0.05, 0.1) is 0 Å². The van der Waals surface area contributed by atoms with Gasteiger partial charge in [-0.15, -0.1) is 0 Å². The Bertz CT molecular complexity index is 111. The Morgan fingerprint density at radius 1 is 0.846 bits per heavy atom. The summed E-state index contributed by atoms with van der Waals surface area (Å²) in [4.78, 5) is 0. The van der Waals surface area contributed by atoms with Gasteiger partial charge in [-0.25, -0.2) is 0 Å². The number of methoxy groups -OCH3 is 3. The van der Waals surface area contributed by atoms with E-state index in [9.17, 15) is 0 Å². The average Bonchev–Trinajstić information content (AvgIpc) is 2.05. The van der Waals surface area contributed by atoms with E-state index in [0.29, 0.717) is 5.54 Å².